The van der Waals surface area contributed by atoms with Crippen molar-refractivity contribution in [3.8, 4) is 11.1 Å². The van der Waals surface area contributed by atoms with E-state index in [0.29, 0.717) is 23.7 Å². The molecule has 0 aliphatic heterocycles. The molecule has 1 aliphatic carbocycles. The van der Waals surface area contributed by atoms with Gasteiger partial charge in [-0.1, -0.05) is 0 Å². The molecule has 0 spiro atoms. The maximum atomic E-state index is 5.20. The lowest BCUT2D eigenvalue weighted by Gasteiger charge is -2.35. The highest BCUT2D eigenvalue weighted by atomic mass is 16.5. The molecular formula is C19H21N7O. The summed E-state index contributed by atoms with van der Waals surface area (Å²) < 4.78 is 9.05. The maximum Gasteiger partial charge on any atom is 0.241 e. The first-order valence-corrected chi connectivity index (χ1v) is 9.11. The van der Waals surface area contributed by atoms with E-state index in [9.17, 15) is 0 Å². The highest BCUT2D eigenvalue weighted by Crippen LogP contribution is 2.30. The molecule has 8 heteroatoms. The van der Waals surface area contributed by atoms with Crippen molar-refractivity contribution in [2.75, 3.05) is 19.0 Å². The van der Waals surface area contributed by atoms with E-state index in [-0.39, 0.29) is 0 Å². The molecule has 4 aromatic rings. The van der Waals surface area contributed by atoms with Gasteiger partial charge >= 0.3 is 0 Å². The Hall–Kier alpha value is -3.00. The van der Waals surface area contributed by atoms with Crippen molar-refractivity contribution in [1.82, 2.24) is 29.0 Å². The highest BCUT2D eigenvalue weighted by Gasteiger charge is 2.29. The van der Waals surface area contributed by atoms with Crippen molar-refractivity contribution in [1.29, 1.82) is 0 Å². The first-order chi connectivity index (χ1) is 13.2. The van der Waals surface area contributed by atoms with Crippen LogP contribution >= 0.6 is 0 Å². The van der Waals surface area contributed by atoms with E-state index in [4.69, 9.17) is 4.74 Å². The van der Waals surface area contributed by atoms with Crippen LogP contribution in [0.4, 0.5) is 5.95 Å². The number of nitrogens with one attached hydrogen (secondary N) is 1. The van der Waals surface area contributed by atoms with Crippen molar-refractivity contribution < 1.29 is 4.74 Å². The number of rotatable bonds is 5. The van der Waals surface area contributed by atoms with E-state index in [1.165, 1.54) is 0 Å². The third kappa shape index (κ3) is 2.82. The van der Waals surface area contributed by atoms with E-state index in [1.807, 2.05) is 46.7 Å². The smallest absolute Gasteiger partial charge is 0.241 e. The Kier molecular flexibility index (Phi) is 3.78. The summed E-state index contributed by atoms with van der Waals surface area (Å²) >= 11 is 0. The largest absolute Gasteiger partial charge is 0.384 e. The second-order valence-electron chi connectivity index (χ2n) is 7.19. The van der Waals surface area contributed by atoms with Crippen molar-refractivity contribution in [3.63, 3.8) is 0 Å². The van der Waals surface area contributed by atoms with E-state index in [2.05, 4.69) is 31.6 Å². The average molecular weight is 363 g/mol. The molecule has 4 aromatic heterocycles. The molecule has 5 rings (SSSR count). The van der Waals surface area contributed by atoms with Gasteiger partial charge in [-0.25, -0.2) is 19.5 Å². The Morgan fingerprint density at radius 3 is 2.89 bits per heavy atom. The predicted octanol–water partition coefficient (Wildman–Crippen LogP) is 2.58. The van der Waals surface area contributed by atoms with Gasteiger partial charge in [0.15, 0.2) is 0 Å². The number of aryl methyl sites for hydroxylation is 1. The molecule has 4 heterocycles. The van der Waals surface area contributed by atoms with E-state index >= 15 is 0 Å². The fourth-order valence-electron chi connectivity index (χ4n) is 3.75. The highest BCUT2D eigenvalue weighted by molar-refractivity contribution is 5.79. The standard InChI is InChI=1S/C19H21N7O/c1-12-7-21-19-22-8-14(10-25(12)19)16-3-4-26-17(16)9-20-18(24-26)23-15-5-13(6-15)11-27-2/h3-4,7-10,13,15H,5-6,11H2,1-2H3,(H,23,24)/t13-,15-. The van der Waals surface area contributed by atoms with Crippen LogP contribution < -0.4 is 5.32 Å². The lowest BCUT2D eigenvalue weighted by Crippen LogP contribution is -2.38. The normalized spacial score (nSPS) is 19.5. The molecule has 0 unspecified atom stereocenters. The Morgan fingerprint density at radius 1 is 1.19 bits per heavy atom. The molecule has 138 valence electrons. The van der Waals surface area contributed by atoms with Gasteiger partial charge in [-0.3, -0.25) is 4.40 Å². The number of fused-ring (bicyclic) bond motifs is 2. The quantitative estimate of drug-likeness (QED) is 0.587. The predicted molar refractivity (Wildman–Crippen MR) is 102 cm³/mol. The zero-order valence-corrected chi connectivity index (χ0v) is 15.3. The molecule has 1 saturated carbocycles. The second kappa shape index (κ2) is 6.31. The van der Waals surface area contributed by atoms with Crippen LogP contribution in [0, 0.1) is 12.8 Å². The summed E-state index contributed by atoms with van der Waals surface area (Å²) in [5.41, 5.74) is 4.06. The minimum absolute atomic E-state index is 0.424. The van der Waals surface area contributed by atoms with Crippen LogP contribution in [-0.2, 0) is 4.74 Å². The van der Waals surface area contributed by atoms with Gasteiger partial charge in [0.2, 0.25) is 11.7 Å². The van der Waals surface area contributed by atoms with Gasteiger partial charge in [0.05, 0.1) is 17.9 Å². The summed E-state index contributed by atoms with van der Waals surface area (Å²) in [7, 11) is 1.75. The van der Waals surface area contributed by atoms with E-state index in [1.54, 1.807) is 7.11 Å². The number of hydrogen-bond acceptors (Lipinski definition) is 6. The molecule has 27 heavy (non-hydrogen) atoms. The Morgan fingerprint density at radius 2 is 2.04 bits per heavy atom. The molecule has 1 aliphatic rings. The number of hydrogen-bond donors (Lipinski definition) is 1. The summed E-state index contributed by atoms with van der Waals surface area (Å²) in [5.74, 6) is 2.00. The molecule has 0 radical (unpaired) electrons. The number of imidazole rings is 1. The number of anilines is 1. The van der Waals surface area contributed by atoms with Gasteiger partial charge < -0.3 is 10.1 Å². The van der Waals surface area contributed by atoms with Crippen LogP contribution in [0.2, 0.25) is 0 Å². The third-order valence-corrected chi connectivity index (χ3v) is 5.25. The van der Waals surface area contributed by atoms with Gasteiger partial charge in [-0.05, 0) is 31.7 Å². The molecule has 1 N–H and O–H groups in total. The molecule has 0 saturated heterocycles. The van der Waals surface area contributed by atoms with Crippen LogP contribution in [0.15, 0.2) is 37.1 Å². The van der Waals surface area contributed by atoms with Gasteiger partial charge in [-0.2, -0.15) is 0 Å². The molecular weight excluding hydrogens is 342 g/mol. The average Bonchev–Trinajstić information content (AvgIpc) is 3.23. The number of methoxy groups -OCH3 is 1. The Balaban J connectivity index is 1.41. The lowest BCUT2D eigenvalue weighted by molar-refractivity contribution is 0.104. The van der Waals surface area contributed by atoms with Gasteiger partial charge in [-0.15, -0.1) is 5.10 Å². The molecule has 1 fully saturated rings. The van der Waals surface area contributed by atoms with Gasteiger partial charge in [0.1, 0.15) is 0 Å². The molecule has 8 nitrogen and oxygen atoms in total. The summed E-state index contributed by atoms with van der Waals surface area (Å²) in [6, 6.07) is 2.47. The van der Waals surface area contributed by atoms with Crippen molar-refractivity contribution in [2.24, 2.45) is 5.92 Å². The minimum Gasteiger partial charge on any atom is -0.384 e. The molecule has 0 amide bonds. The van der Waals surface area contributed by atoms with Gasteiger partial charge in [0.25, 0.3) is 0 Å². The van der Waals surface area contributed by atoms with Crippen LogP contribution in [0.5, 0.6) is 0 Å². The first-order valence-electron chi connectivity index (χ1n) is 9.11. The van der Waals surface area contributed by atoms with Gasteiger partial charge in [0, 0.05) is 55.2 Å². The Labute approximate surface area is 156 Å². The maximum absolute atomic E-state index is 5.20. The van der Waals surface area contributed by atoms with Crippen LogP contribution in [0.1, 0.15) is 18.5 Å². The fourth-order valence-corrected chi connectivity index (χ4v) is 3.75. The topological polar surface area (TPSA) is 81.6 Å². The van der Waals surface area contributed by atoms with Crippen molar-refractivity contribution >= 4 is 17.2 Å². The van der Waals surface area contributed by atoms with E-state index in [0.717, 1.165) is 41.8 Å². The van der Waals surface area contributed by atoms with Crippen molar-refractivity contribution in [2.45, 2.75) is 25.8 Å². The lowest BCUT2D eigenvalue weighted by atomic mass is 9.81. The Bertz CT molecular complexity index is 1110. The summed E-state index contributed by atoms with van der Waals surface area (Å²) in [6.07, 6.45) is 11.7. The van der Waals surface area contributed by atoms with Crippen LogP contribution in [-0.4, -0.2) is 48.7 Å². The SMILES string of the molecule is COC[C@H]1C[C@H](Nc2ncc3c(-c4cnc5ncc(C)n5c4)ccn3n2)C1. The summed E-state index contributed by atoms with van der Waals surface area (Å²) in [6.45, 7) is 2.84. The second-order valence-corrected chi connectivity index (χ2v) is 7.19. The molecule has 0 bridgehead atoms. The minimum atomic E-state index is 0.424. The monoisotopic (exact) mass is 363 g/mol. The van der Waals surface area contributed by atoms with Crippen molar-refractivity contribution in [3.05, 3.63) is 42.7 Å². The fraction of sp³-hybridized carbons (Fsp3) is 0.368. The van der Waals surface area contributed by atoms with Crippen LogP contribution in [0.3, 0.4) is 0 Å². The first kappa shape index (κ1) is 16.2. The molecule has 0 atom stereocenters. The number of ether oxygens (including phenoxy) is 1. The number of aromatic nitrogens is 6. The van der Waals surface area contributed by atoms with Crippen LogP contribution in [0.25, 0.3) is 22.4 Å². The van der Waals surface area contributed by atoms with E-state index < -0.39 is 0 Å². The number of nitrogens with zero attached hydrogens (tertiary/aromatic N) is 6. The third-order valence-electron chi connectivity index (χ3n) is 5.25. The summed E-state index contributed by atoms with van der Waals surface area (Å²) in [4.78, 5) is 13.2. The zero-order chi connectivity index (χ0) is 18.4. The summed E-state index contributed by atoms with van der Waals surface area (Å²) in [5, 5.41) is 8.02. The zero-order valence-electron chi connectivity index (χ0n) is 15.3. The molecule has 0 aromatic carbocycles.